The monoisotopic (exact) mass is 315 g/mol. The van der Waals surface area contributed by atoms with Crippen LogP contribution in [0.25, 0.3) is 0 Å². The summed E-state index contributed by atoms with van der Waals surface area (Å²) >= 11 is 17.9. The fourth-order valence-electron chi connectivity index (χ4n) is 1.69. The first-order valence-corrected chi connectivity index (χ1v) is 6.82. The van der Waals surface area contributed by atoms with Crippen LogP contribution in [0.3, 0.4) is 0 Å². The van der Waals surface area contributed by atoms with E-state index in [0.717, 1.165) is 0 Å². The lowest BCUT2D eigenvalue weighted by molar-refractivity contribution is 0.192. The van der Waals surface area contributed by atoms with E-state index < -0.39 is 6.10 Å². The second-order valence-electron chi connectivity index (χ2n) is 4.04. The molecule has 0 saturated carbocycles. The molecule has 1 atom stereocenters. The van der Waals surface area contributed by atoms with Gasteiger partial charge in [-0.05, 0) is 24.3 Å². The molecule has 1 unspecified atom stereocenters. The Bertz CT molecular complexity index is 574. The SMILES string of the molecule is OC(CNc1cc(Cl)ccc1Cl)c1ccccc1Cl. The molecule has 0 saturated heterocycles. The van der Waals surface area contributed by atoms with Crippen LogP contribution in [-0.2, 0) is 0 Å². The second kappa shape index (κ2) is 6.49. The zero-order chi connectivity index (χ0) is 13.8. The molecule has 2 aromatic rings. The Kier molecular flexibility index (Phi) is 4.94. The topological polar surface area (TPSA) is 32.3 Å². The van der Waals surface area contributed by atoms with Gasteiger partial charge >= 0.3 is 0 Å². The number of aliphatic hydroxyl groups is 1. The number of hydrogen-bond donors (Lipinski definition) is 2. The molecule has 0 aliphatic carbocycles. The molecule has 2 aromatic carbocycles. The summed E-state index contributed by atoms with van der Waals surface area (Å²) in [4.78, 5) is 0. The van der Waals surface area contributed by atoms with Crippen LogP contribution in [0.1, 0.15) is 11.7 Å². The number of aliphatic hydroxyl groups excluding tert-OH is 1. The summed E-state index contributed by atoms with van der Waals surface area (Å²) in [6.07, 6.45) is -0.719. The summed E-state index contributed by atoms with van der Waals surface area (Å²) in [5.41, 5.74) is 1.36. The summed E-state index contributed by atoms with van der Waals surface area (Å²) in [5, 5.41) is 14.8. The highest BCUT2D eigenvalue weighted by Gasteiger charge is 2.11. The molecule has 0 aliphatic heterocycles. The molecule has 0 fully saturated rings. The van der Waals surface area contributed by atoms with Gasteiger partial charge in [0.25, 0.3) is 0 Å². The van der Waals surface area contributed by atoms with E-state index in [1.165, 1.54) is 0 Å². The molecule has 19 heavy (non-hydrogen) atoms. The quantitative estimate of drug-likeness (QED) is 0.850. The predicted molar refractivity (Wildman–Crippen MR) is 81.4 cm³/mol. The lowest BCUT2D eigenvalue weighted by atomic mass is 10.1. The lowest BCUT2D eigenvalue weighted by Crippen LogP contribution is -2.12. The highest BCUT2D eigenvalue weighted by molar-refractivity contribution is 6.35. The molecule has 5 heteroatoms. The molecule has 100 valence electrons. The van der Waals surface area contributed by atoms with Gasteiger partial charge in [0.1, 0.15) is 0 Å². The van der Waals surface area contributed by atoms with Crippen molar-refractivity contribution < 1.29 is 5.11 Å². The number of hydrogen-bond acceptors (Lipinski definition) is 2. The van der Waals surface area contributed by atoms with E-state index in [9.17, 15) is 5.11 Å². The Labute approximate surface area is 126 Å². The Hall–Kier alpha value is -0.930. The van der Waals surface area contributed by atoms with Crippen LogP contribution in [0.4, 0.5) is 5.69 Å². The second-order valence-corrected chi connectivity index (χ2v) is 5.29. The lowest BCUT2D eigenvalue weighted by Gasteiger charge is -2.15. The van der Waals surface area contributed by atoms with E-state index in [1.54, 1.807) is 30.3 Å². The zero-order valence-electron chi connectivity index (χ0n) is 9.91. The number of rotatable bonds is 4. The third kappa shape index (κ3) is 3.77. The molecule has 0 bridgehead atoms. The maximum Gasteiger partial charge on any atom is 0.0976 e. The number of halogens is 3. The van der Waals surface area contributed by atoms with Crippen LogP contribution >= 0.6 is 34.8 Å². The molecular formula is C14H12Cl3NO. The highest BCUT2D eigenvalue weighted by atomic mass is 35.5. The number of nitrogens with one attached hydrogen (secondary N) is 1. The van der Waals surface area contributed by atoms with Gasteiger partial charge in [0.2, 0.25) is 0 Å². The van der Waals surface area contributed by atoms with Gasteiger partial charge < -0.3 is 10.4 Å². The molecule has 0 radical (unpaired) electrons. The van der Waals surface area contributed by atoms with Gasteiger partial charge in [-0.2, -0.15) is 0 Å². The van der Waals surface area contributed by atoms with Crippen molar-refractivity contribution >= 4 is 40.5 Å². The van der Waals surface area contributed by atoms with Crippen molar-refractivity contribution in [2.45, 2.75) is 6.10 Å². The first-order chi connectivity index (χ1) is 9.08. The standard InChI is InChI=1S/C14H12Cl3NO/c15-9-5-6-12(17)13(7-9)18-8-14(19)10-3-1-2-4-11(10)16/h1-7,14,18-19H,8H2. The molecule has 2 rings (SSSR count). The third-order valence-corrected chi connectivity index (χ3v) is 3.59. The molecule has 0 spiro atoms. The molecule has 0 heterocycles. The van der Waals surface area contributed by atoms with E-state index in [-0.39, 0.29) is 0 Å². The largest absolute Gasteiger partial charge is 0.387 e. The summed E-state index contributed by atoms with van der Waals surface area (Å²) in [7, 11) is 0. The first kappa shape index (κ1) is 14.5. The maximum absolute atomic E-state index is 10.1. The fraction of sp³-hybridized carbons (Fsp3) is 0.143. The van der Waals surface area contributed by atoms with E-state index >= 15 is 0 Å². The molecule has 0 aliphatic rings. The Morgan fingerprint density at radius 1 is 1.00 bits per heavy atom. The van der Waals surface area contributed by atoms with Crippen molar-refractivity contribution in [2.75, 3.05) is 11.9 Å². The molecule has 0 aromatic heterocycles. The number of benzene rings is 2. The van der Waals surface area contributed by atoms with Gasteiger partial charge in [-0.25, -0.2) is 0 Å². The van der Waals surface area contributed by atoms with E-state index in [4.69, 9.17) is 34.8 Å². The highest BCUT2D eigenvalue weighted by Crippen LogP contribution is 2.27. The van der Waals surface area contributed by atoms with Crippen LogP contribution in [-0.4, -0.2) is 11.7 Å². The average Bonchev–Trinajstić information content (AvgIpc) is 2.40. The minimum Gasteiger partial charge on any atom is -0.387 e. The molecule has 2 nitrogen and oxygen atoms in total. The van der Waals surface area contributed by atoms with Gasteiger partial charge in [-0.15, -0.1) is 0 Å². The minimum absolute atomic E-state index is 0.295. The Morgan fingerprint density at radius 2 is 1.74 bits per heavy atom. The molecule has 2 N–H and O–H groups in total. The average molecular weight is 317 g/mol. The third-order valence-electron chi connectivity index (χ3n) is 2.68. The maximum atomic E-state index is 10.1. The summed E-state index contributed by atoms with van der Waals surface area (Å²) in [6.45, 7) is 0.295. The normalized spacial score (nSPS) is 12.2. The van der Waals surface area contributed by atoms with Crippen LogP contribution in [0.5, 0.6) is 0 Å². The number of anilines is 1. The summed E-state index contributed by atoms with van der Waals surface area (Å²) < 4.78 is 0. The van der Waals surface area contributed by atoms with Crippen molar-refractivity contribution in [3.63, 3.8) is 0 Å². The predicted octanol–water partition coefficient (Wildman–Crippen LogP) is 4.79. The minimum atomic E-state index is -0.719. The first-order valence-electron chi connectivity index (χ1n) is 5.69. The van der Waals surface area contributed by atoms with Crippen molar-refractivity contribution in [2.24, 2.45) is 0 Å². The smallest absolute Gasteiger partial charge is 0.0976 e. The molecule has 0 amide bonds. The van der Waals surface area contributed by atoms with Crippen molar-refractivity contribution in [1.82, 2.24) is 0 Å². The van der Waals surface area contributed by atoms with Crippen LogP contribution in [0, 0.1) is 0 Å². The molecular weight excluding hydrogens is 305 g/mol. The summed E-state index contributed by atoms with van der Waals surface area (Å²) in [5.74, 6) is 0. The van der Waals surface area contributed by atoms with Gasteiger partial charge in [-0.3, -0.25) is 0 Å². The van der Waals surface area contributed by atoms with Crippen LogP contribution < -0.4 is 5.32 Å². The van der Waals surface area contributed by atoms with Crippen molar-refractivity contribution in [3.05, 3.63) is 63.1 Å². The van der Waals surface area contributed by atoms with Gasteiger partial charge in [-0.1, -0.05) is 53.0 Å². The van der Waals surface area contributed by atoms with E-state index in [2.05, 4.69) is 5.32 Å². The fourth-order valence-corrected chi connectivity index (χ4v) is 2.31. The van der Waals surface area contributed by atoms with Crippen molar-refractivity contribution in [3.8, 4) is 0 Å². The van der Waals surface area contributed by atoms with Gasteiger partial charge in [0.05, 0.1) is 16.8 Å². The van der Waals surface area contributed by atoms with E-state index in [1.807, 2.05) is 12.1 Å². The zero-order valence-corrected chi connectivity index (χ0v) is 12.2. The van der Waals surface area contributed by atoms with Crippen molar-refractivity contribution in [1.29, 1.82) is 0 Å². The summed E-state index contributed by atoms with van der Waals surface area (Å²) in [6, 6.07) is 12.3. The van der Waals surface area contributed by atoms with Gasteiger partial charge in [0, 0.05) is 22.2 Å². The Balaban J connectivity index is 2.06. The van der Waals surface area contributed by atoms with Gasteiger partial charge in [0.15, 0.2) is 0 Å². The van der Waals surface area contributed by atoms with Crippen LogP contribution in [0.2, 0.25) is 15.1 Å². The Morgan fingerprint density at radius 3 is 2.47 bits per heavy atom. The van der Waals surface area contributed by atoms with E-state index in [0.29, 0.717) is 32.9 Å². The van der Waals surface area contributed by atoms with Crippen LogP contribution in [0.15, 0.2) is 42.5 Å².